The SMILES string of the molecule is CC(C)C(CNS(=O)(=O)c1ccccc1[N+](=O)[O-])C(=O)O. The van der Waals surface area contributed by atoms with Crippen LogP contribution in [0.15, 0.2) is 29.2 Å². The highest BCUT2D eigenvalue weighted by Crippen LogP contribution is 2.23. The fourth-order valence-electron chi connectivity index (χ4n) is 1.72. The number of carboxylic acid groups (broad SMARTS) is 1. The molecule has 1 aromatic rings. The Morgan fingerprint density at radius 2 is 1.95 bits per heavy atom. The molecule has 1 aromatic carbocycles. The van der Waals surface area contributed by atoms with Crippen LogP contribution in [0.3, 0.4) is 0 Å². The van der Waals surface area contributed by atoms with E-state index in [0.29, 0.717) is 0 Å². The van der Waals surface area contributed by atoms with Gasteiger partial charge in [-0.2, -0.15) is 0 Å². The summed E-state index contributed by atoms with van der Waals surface area (Å²) in [6.45, 7) is 2.97. The molecule has 0 saturated heterocycles. The second-order valence-corrected chi connectivity index (χ2v) is 6.50. The number of para-hydroxylation sites is 1. The lowest BCUT2D eigenvalue weighted by atomic mass is 9.97. The van der Waals surface area contributed by atoms with Crippen molar-refractivity contribution in [2.75, 3.05) is 6.54 Å². The van der Waals surface area contributed by atoms with Crippen molar-refractivity contribution in [1.29, 1.82) is 0 Å². The summed E-state index contributed by atoms with van der Waals surface area (Å²) in [7, 11) is -4.15. The van der Waals surface area contributed by atoms with Crippen LogP contribution in [-0.4, -0.2) is 31.0 Å². The van der Waals surface area contributed by atoms with Crippen LogP contribution < -0.4 is 4.72 Å². The highest BCUT2D eigenvalue weighted by atomic mass is 32.2. The van der Waals surface area contributed by atoms with Gasteiger partial charge in [0.2, 0.25) is 10.0 Å². The predicted molar refractivity (Wildman–Crippen MR) is 74.2 cm³/mol. The molecule has 0 aliphatic rings. The molecule has 0 bridgehead atoms. The number of nitro groups is 1. The smallest absolute Gasteiger partial charge is 0.308 e. The van der Waals surface area contributed by atoms with Crippen molar-refractivity contribution in [2.45, 2.75) is 18.7 Å². The Bertz CT molecular complexity index is 641. The zero-order valence-corrected chi connectivity index (χ0v) is 12.3. The second-order valence-electron chi connectivity index (χ2n) is 4.77. The fourth-order valence-corrected chi connectivity index (χ4v) is 2.95. The van der Waals surface area contributed by atoms with E-state index in [9.17, 15) is 23.3 Å². The van der Waals surface area contributed by atoms with Crippen LogP contribution in [0.4, 0.5) is 5.69 Å². The molecule has 0 aliphatic heterocycles. The second kappa shape index (κ2) is 6.64. The van der Waals surface area contributed by atoms with Crippen molar-refractivity contribution in [3.05, 3.63) is 34.4 Å². The number of carbonyl (C=O) groups is 1. The molecule has 0 aromatic heterocycles. The number of benzene rings is 1. The summed E-state index contributed by atoms with van der Waals surface area (Å²) < 4.78 is 26.3. The van der Waals surface area contributed by atoms with E-state index in [1.165, 1.54) is 12.1 Å². The normalized spacial score (nSPS) is 13.1. The molecule has 0 amide bonds. The summed E-state index contributed by atoms with van der Waals surface area (Å²) in [4.78, 5) is 20.6. The Hall–Kier alpha value is -2.00. The molecule has 116 valence electrons. The van der Waals surface area contributed by atoms with Gasteiger partial charge >= 0.3 is 5.97 Å². The highest BCUT2D eigenvalue weighted by molar-refractivity contribution is 7.89. The Kier molecular flexibility index (Phi) is 5.39. The van der Waals surface area contributed by atoms with E-state index in [-0.39, 0.29) is 12.5 Å². The summed E-state index contributed by atoms with van der Waals surface area (Å²) in [6.07, 6.45) is 0. The van der Waals surface area contributed by atoms with E-state index in [2.05, 4.69) is 4.72 Å². The van der Waals surface area contributed by atoms with Gasteiger partial charge in [-0.25, -0.2) is 13.1 Å². The van der Waals surface area contributed by atoms with Gasteiger partial charge in [0.05, 0.1) is 10.8 Å². The Morgan fingerprint density at radius 3 is 2.43 bits per heavy atom. The Labute approximate surface area is 122 Å². The van der Waals surface area contributed by atoms with Crippen molar-refractivity contribution in [3.8, 4) is 0 Å². The zero-order valence-electron chi connectivity index (χ0n) is 11.5. The number of hydrogen-bond acceptors (Lipinski definition) is 5. The third-order valence-corrected chi connectivity index (χ3v) is 4.44. The minimum Gasteiger partial charge on any atom is -0.481 e. The molecular weight excluding hydrogens is 300 g/mol. The van der Waals surface area contributed by atoms with Crippen molar-refractivity contribution in [2.24, 2.45) is 11.8 Å². The van der Waals surface area contributed by atoms with Crippen LogP contribution >= 0.6 is 0 Å². The minimum atomic E-state index is -4.15. The molecule has 0 spiro atoms. The van der Waals surface area contributed by atoms with Gasteiger partial charge in [0.1, 0.15) is 0 Å². The Morgan fingerprint density at radius 1 is 1.38 bits per heavy atom. The van der Waals surface area contributed by atoms with Crippen LogP contribution in [0.25, 0.3) is 0 Å². The van der Waals surface area contributed by atoms with Gasteiger partial charge in [-0.3, -0.25) is 14.9 Å². The summed E-state index contributed by atoms with van der Waals surface area (Å²) in [6, 6.07) is 4.89. The molecule has 9 heteroatoms. The maximum atomic E-state index is 12.1. The molecule has 0 saturated carbocycles. The van der Waals surface area contributed by atoms with E-state index in [4.69, 9.17) is 5.11 Å². The molecule has 0 aliphatic carbocycles. The number of rotatable bonds is 7. The van der Waals surface area contributed by atoms with Gasteiger partial charge in [0.15, 0.2) is 4.90 Å². The first-order chi connectivity index (χ1) is 9.66. The van der Waals surface area contributed by atoms with Crippen LogP contribution in [0.5, 0.6) is 0 Å². The summed E-state index contributed by atoms with van der Waals surface area (Å²) in [5.74, 6) is -2.33. The average molecular weight is 316 g/mol. The van der Waals surface area contributed by atoms with Crippen molar-refractivity contribution < 1.29 is 23.2 Å². The molecule has 8 nitrogen and oxygen atoms in total. The molecule has 1 unspecified atom stereocenters. The van der Waals surface area contributed by atoms with E-state index in [1.54, 1.807) is 13.8 Å². The number of nitrogens with zero attached hydrogens (tertiary/aromatic N) is 1. The number of hydrogen-bond donors (Lipinski definition) is 2. The van der Waals surface area contributed by atoms with E-state index < -0.39 is 37.4 Å². The van der Waals surface area contributed by atoms with Gasteiger partial charge in [-0.15, -0.1) is 0 Å². The van der Waals surface area contributed by atoms with Crippen molar-refractivity contribution in [3.63, 3.8) is 0 Å². The summed E-state index contributed by atoms with van der Waals surface area (Å²) in [5, 5.41) is 19.9. The molecule has 1 atom stereocenters. The van der Waals surface area contributed by atoms with Gasteiger partial charge in [-0.1, -0.05) is 26.0 Å². The van der Waals surface area contributed by atoms with Crippen molar-refractivity contribution >= 4 is 21.7 Å². The molecular formula is C12H16N2O6S. The van der Waals surface area contributed by atoms with Crippen LogP contribution in [-0.2, 0) is 14.8 Å². The largest absolute Gasteiger partial charge is 0.481 e. The van der Waals surface area contributed by atoms with E-state index >= 15 is 0 Å². The predicted octanol–water partition coefficient (Wildman–Crippen LogP) is 1.23. The number of nitrogens with one attached hydrogen (secondary N) is 1. The molecule has 0 radical (unpaired) electrons. The molecule has 0 heterocycles. The van der Waals surface area contributed by atoms with Crippen LogP contribution in [0.2, 0.25) is 0 Å². The van der Waals surface area contributed by atoms with Crippen LogP contribution in [0.1, 0.15) is 13.8 Å². The first-order valence-electron chi connectivity index (χ1n) is 6.12. The highest BCUT2D eigenvalue weighted by Gasteiger charge is 2.28. The summed E-state index contributed by atoms with van der Waals surface area (Å²) in [5.41, 5.74) is -0.554. The molecule has 1 rings (SSSR count). The molecule has 2 N–H and O–H groups in total. The fraction of sp³-hybridized carbons (Fsp3) is 0.417. The standard InChI is InChI=1S/C12H16N2O6S/c1-8(2)9(12(15)16)7-13-21(19,20)11-6-4-3-5-10(11)14(17)18/h3-6,8-9,13H,7H2,1-2H3,(H,15,16). The zero-order chi connectivity index (χ0) is 16.2. The number of aliphatic carboxylic acids is 1. The molecule has 0 fully saturated rings. The number of sulfonamides is 1. The lowest BCUT2D eigenvalue weighted by Gasteiger charge is -2.16. The topological polar surface area (TPSA) is 127 Å². The van der Waals surface area contributed by atoms with Crippen molar-refractivity contribution in [1.82, 2.24) is 4.72 Å². The third-order valence-electron chi connectivity index (χ3n) is 2.97. The number of carboxylic acids is 1. The van der Waals surface area contributed by atoms with Gasteiger partial charge in [0.25, 0.3) is 5.69 Å². The first kappa shape index (κ1) is 17.1. The van der Waals surface area contributed by atoms with E-state index in [1.807, 2.05) is 0 Å². The maximum Gasteiger partial charge on any atom is 0.308 e. The quantitative estimate of drug-likeness (QED) is 0.575. The number of nitro benzene ring substituents is 1. The minimum absolute atomic E-state index is 0.282. The van der Waals surface area contributed by atoms with Crippen LogP contribution in [0, 0.1) is 22.0 Å². The van der Waals surface area contributed by atoms with E-state index in [0.717, 1.165) is 12.1 Å². The van der Waals surface area contributed by atoms with Gasteiger partial charge in [-0.05, 0) is 12.0 Å². The Balaban J connectivity index is 3.03. The third kappa shape index (κ3) is 4.23. The maximum absolute atomic E-state index is 12.1. The monoisotopic (exact) mass is 316 g/mol. The molecule has 21 heavy (non-hydrogen) atoms. The first-order valence-corrected chi connectivity index (χ1v) is 7.61. The van der Waals surface area contributed by atoms with Gasteiger partial charge < -0.3 is 5.11 Å². The lowest BCUT2D eigenvalue weighted by molar-refractivity contribution is -0.387. The summed E-state index contributed by atoms with van der Waals surface area (Å²) >= 11 is 0. The van der Waals surface area contributed by atoms with Gasteiger partial charge in [0, 0.05) is 12.6 Å². The average Bonchev–Trinajstić information content (AvgIpc) is 2.37. The lowest BCUT2D eigenvalue weighted by Crippen LogP contribution is -2.35.